The van der Waals surface area contributed by atoms with Crippen molar-refractivity contribution in [2.45, 2.75) is 18.5 Å². The van der Waals surface area contributed by atoms with Gasteiger partial charge in [-0.25, -0.2) is 0 Å². The summed E-state index contributed by atoms with van der Waals surface area (Å²) in [6.07, 6.45) is 0.848. The third kappa shape index (κ3) is 2.98. The maximum Gasteiger partial charge on any atom is 0.0449 e. The lowest BCUT2D eigenvalue weighted by molar-refractivity contribution is 0.00259. The lowest BCUT2D eigenvalue weighted by atomic mass is 9.95. The van der Waals surface area contributed by atoms with E-state index in [1.54, 1.807) is 0 Å². The summed E-state index contributed by atoms with van der Waals surface area (Å²) in [5.41, 5.74) is 7.58. The Morgan fingerprint density at radius 3 is 2.63 bits per heavy atom. The first-order valence-corrected chi connectivity index (χ1v) is 7.96. The molecule has 1 aromatic rings. The number of hydrogen-bond donors (Lipinski definition) is 1. The minimum atomic E-state index is 0.154. The monoisotopic (exact) mass is 343 g/mol. The minimum Gasteiger partial charge on any atom is -0.326 e. The fourth-order valence-corrected chi connectivity index (χ4v) is 3.89. The number of rotatable bonds is 3. The standard InChI is InChI=1S/C14H19BrClN3/c15-11-2-1-10(12(16)8-11)7-13(17)14-9-18-3-5-19(14)6-4-18/h1-2,8,13-14H,3-7,9,17H2. The van der Waals surface area contributed by atoms with E-state index in [4.69, 9.17) is 17.3 Å². The Morgan fingerprint density at radius 2 is 2.05 bits per heavy atom. The van der Waals surface area contributed by atoms with Gasteiger partial charge in [-0.05, 0) is 24.1 Å². The van der Waals surface area contributed by atoms with Crippen LogP contribution < -0.4 is 5.73 Å². The Kier molecular flexibility index (Phi) is 4.15. The maximum absolute atomic E-state index is 6.44. The van der Waals surface area contributed by atoms with E-state index in [1.165, 1.54) is 13.1 Å². The Morgan fingerprint density at radius 1 is 1.32 bits per heavy atom. The number of benzene rings is 1. The van der Waals surface area contributed by atoms with Crippen LogP contribution in [0.4, 0.5) is 0 Å². The second-order valence-electron chi connectivity index (χ2n) is 5.51. The van der Waals surface area contributed by atoms with Crippen LogP contribution in [0.15, 0.2) is 22.7 Å². The second-order valence-corrected chi connectivity index (χ2v) is 6.83. The van der Waals surface area contributed by atoms with Crippen LogP contribution in [0.3, 0.4) is 0 Å². The number of piperazine rings is 3. The van der Waals surface area contributed by atoms with Gasteiger partial charge in [0, 0.05) is 54.3 Å². The zero-order valence-electron chi connectivity index (χ0n) is 10.9. The molecule has 2 unspecified atom stereocenters. The zero-order valence-corrected chi connectivity index (χ0v) is 13.2. The summed E-state index contributed by atoms with van der Waals surface area (Å²) < 4.78 is 1.02. The van der Waals surface area contributed by atoms with E-state index in [1.807, 2.05) is 12.1 Å². The molecular formula is C14H19BrClN3. The zero-order chi connectivity index (χ0) is 13.4. The molecule has 3 fully saturated rings. The third-order valence-electron chi connectivity index (χ3n) is 4.29. The van der Waals surface area contributed by atoms with Crippen LogP contribution >= 0.6 is 27.5 Å². The van der Waals surface area contributed by atoms with Crippen LogP contribution in [0.1, 0.15) is 5.56 Å². The summed E-state index contributed by atoms with van der Waals surface area (Å²) in [7, 11) is 0. The number of halogens is 2. The van der Waals surface area contributed by atoms with E-state index >= 15 is 0 Å². The molecule has 3 nitrogen and oxygen atoms in total. The highest BCUT2D eigenvalue weighted by molar-refractivity contribution is 9.10. The van der Waals surface area contributed by atoms with Gasteiger partial charge >= 0.3 is 0 Å². The van der Waals surface area contributed by atoms with E-state index in [0.29, 0.717) is 6.04 Å². The summed E-state index contributed by atoms with van der Waals surface area (Å²) in [5, 5.41) is 0.807. The Labute approximate surface area is 127 Å². The predicted octanol–water partition coefficient (Wildman–Crippen LogP) is 1.97. The van der Waals surface area contributed by atoms with E-state index in [-0.39, 0.29) is 6.04 Å². The fourth-order valence-electron chi connectivity index (χ4n) is 3.14. The highest BCUT2D eigenvalue weighted by atomic mass is 79.9. The quantitative estimate of drug-likeness (QED) is 0.910. The van der Waals surface area contributed by atoms with Gasteiger partial charge in [-0.2, -0.15) is 0 Å². The molecule has 104 valence electrons. The third-order valence-corrected chi connectivity index (χ3v) is 5.13. The molecule has 3 aliphatic heterocycles. The lowest BCUT2D eigenvalue weighted by Gasteiger charge is -2.49. The van der Waals surface area contributed by atoms with Crippen molar-refractivity contribution >= 4 is 27.5 Å². The molecule has 0 radical (unpaired) electrons. The average molecular weight is 345 g/mol. The van der Waals surface area contributed by atoms with E-state index in [2.05, 4.69) is 31.8 Å². The second kappa shape index (κ2) is 5.70. The van der Waals surface area contributed by atoms with Crippen molar-refractivity contribution in [3.05, 3.63) is 33.3 Å². The molecule has 4 rings (SSSR count). The summed E-state index contributed by atoms with van der Waals surface area (Å²) in [6, 6.07) is 6.68. The number of nitrogens with zero attached hydrogens (tertiary/aromatic N) is 2. The van der Waals surface area contributed by atoms with Crippen molar-refractivity contribution < 1.29 is 0 Å². The van der Waals surface area contributed by atoms with Crippen molar-refractivity contribution in [2.75, 3.05) is 32.7 Å². The lowest BCUT2D eigenvalue weighted by Crippen LogP contribution is -2.66. The molecule has 2 N–H and O–H groups in total. The van der Waals surface area contributed by atoms with Crippen molar-refractivity contribution in [1.82, 2.24) is 9.80 Å². The van der Waals surface area contributed by atoms with Gasteiger partial charge in [-0.3, -0.25) is 9.80 Å². The fraction of sp³-hybridized carbons (Fsp3) is 0.571. The van der Waals surface area contributed by atoms with Gasteiger partial charge in [0.15, 0.2) is 0 Å². The number of nitrogens with two attached hydrogens (primary N) is 1. The molecule has 19 heavy (non-hydrogen) atoms. The number of hydrogen-bond acceptors (Lipinski definition) is 3. The van der Waals surface area contributed by atoms with Crippen LogP contribution in [0.5, 0.6) is 0 Å². The molecule has 5 heteroatoms. The van der Waals surface area contributed by atoms with Crippen LogP contribution in [0.25, 0.3) is 0 Å². The number of fused-ring (bicyclic) bond motifs is 3. The molecule has 0 aliphatic carbocycles. The van der Waals surface area contributed by atoms with Gasteiger partial charge in [-0.15, -0.1) is 0 Å². The summed E-state index contributed by atoms with van der Waals surface area (Å²) in [6.45, 7) is 5.82. The first-order chi connectivity index (χ1) is 9.13. The highest BCUT2D eigenvalue weighted by Gasteiger charge is 2.35. The SMILES string of the molecule is NC(Cc1ccc(Br)cc1Cl)C1CN2CCN1CC2. The van der Waals surface area contributed by atoms with Crippen molar-refractivity contribution in [3.63, 3.8) is 0 Å². The van der Waals surface area contributed by atoms with Gasteiger partial charge in [0.2, 0.25) is 0 Å². The molecule has 2 bridgehead atoms. The molecule has 0 aromatic heterocycles. The van der Waals surface area contributed by atoms with Gasteiger partial charge < -0.3 is 5.73 Å². The van der Waals surface area contributed by atoms with Gasteiger partial charge in [0.1, 0.15) is 0 Å². The Bertz CT molecular complexity index is 460. The van der Waals surface area contributed by atoms with E-state index in [9.17, 15) is 0 Å². The Balaban J connectivity index is 1.69. The van der Waals surface area contributed by atoms with Crippen LogP contribution in [0.2, 0.25) is 5.02 Å². The topological polar surface area (TPSA) is 32.5 Å². The first-order valence-electron chi connectivity index (χ1n) is 6.79. The molecule has 1 aromatic carbocycles. The molecular weight excluding hydrogens is 326 g/mol. The molecule has 0 amide bonds. The molecule has 3 heterocycles. The van der Waals surface area contributed by atoms with E-state index < -0.39 is 0 Å². The largest absolute Gasteiger partial charge is 0.326 e. The molecule has 0 saturated carbocycles. The van der Waals surface area contributed by atoms with E-state index in [0.717, 1.165) is 41.1 Å². The first kappa shape index (κ1) is 13.8. The average Bonchev–Trinajstić information content (AvgIpc) is 2.43. The summed E-state index contributed by atoms with van der Waals surface area (Å²) in [5.74, 6) is 0. The normalized spacial score (nSPS) is 31.4. The summed E-state index contributed by atoms with van der Waals surface area (Å²) in [4.78, 5) is 5.06. The molecule has 3 saturated heterocycles. The molecule has 0 spiro atoms. The van der Waals surface area contributed by atoms with Crippen LogP contribution in [0, 0.1) is 0 Å². The molecule has 3 aliphatic rings. The summed E-state index contributed by atoms with van der Waals surface area (Å²) >= 11 is 9.72. The van der Waals surface area contributed by atoms with Crippen molar-refractivity contribution in [1.29, 1.82) is 0 Å². The van der Waals surface area contributed by atoms with Gasteiger partial charge in [0.25, 0.3) is 0 Å². The van der Waals surface area contributed by atoms with Crippen LogP contribution in [-0.2, 0) is 6.42 Å². The Hall–Kier alpha value is -0.130. The minimum absolute atomic E-state index is 0.154. The smallest absolute Gasteiger partial charge is 0.0449 e. The van der Waals surface area contributed by atoms with Crippen LogP contribution in [-0.4, -0.2) is 54.6 Å². The van der Waals surface area contributed by atoms with Gasteiger partial charge in [-0.1, -0.05) is 33.6 Å². The highest BCUT2D eigenvalue weighted by Crippen LogP contribution is 2.25. The maximum atomic E-state index is 6.44. The van der Waals surface area contributed by atoms with Crippen molar-refractivity contribution in [2.24, 2.45) is 5.73 Å². The van der Waals surface area contributed by atoms with Gasteiger partial charge in [0.05, 0.1) is 0 Å². The van der Waals surface area contributed by atoms with Crippen molar-refractivity contribution in [3.8, 4) is 0 Å². The molecule has 2 atom stereocenters. The predicted molar refractivity (Wildman–Crippen MR) is 82.6 cm³/mol.